The molecule has 0 saturated carbocycles. The first-order valence-corrected chi connectivity index (χ1v) is 8.38. The summed E-state index contributed by atoms with van der Waals surface area (Å²) in [4.78, 5) is 0. The predicted molar refractivity (Wildman–Crippen MR) is 104 cm³/mol. The number of hydrogen-bond acceptors (Lipinski definition) is 0. The van der Waals surface area contributed by atoms with Crippen LogP contribution in [0.25, 0.3) is 32.7 Å². The third kappa shape index (κ3) is 4.90. The van der Waals surface area contributed by atoms with Crippen molar-refractivity contribution >= 4 is 21.5 Å². The van der Waals surface area contributed by atoms with Crippen molar-refractivity contribution in [3.05, 3.63) is 82.9 Å². The van der Waals surface area contributed by atoms with Crippen LogP contribution in [-0.2, 0) is 98.1 Å². The van der Waals surface area contributed by atoms with Gasteiger partial charge in [-0.1, -0.05) is 47.9 Å². The minimum absolute atomic E-state index is 0. The second kappa shape index (κ2) is 10.7. The van der Waals surface area contributed by atoms with E-state index >= 15 is 0 Å². The van der Waals surface area contributed by atoms with Crippen molar-refractivity contribution in [3.63, 3.8) is 0 Å². The number of aryl methyl sites for hydroxylation is 3. The molecule has 0 spiro atoms. The molecule has 0 amide bonds. The van der Waals surface area contributed by atoms with E-state index < -0.39 is 0 Å². The number of benzene rings is 4. The van der Waals surface area contributed by atoms with Crippen LogP contribution in [0.2, 0.25) is 0 Å². The van der Waals surface area contributed by atoms with E-state index in [0.29, 0.717) is 0 Å². The van der Waals surface area contributed by atoms with Crippen molar-refractivity contribution in [1.82, 2.24) is 0 Å². The molecule has 0 aliphatic heterocycles. The van der Waals surface area contributed by atoms with E-state index in [1.807, 2.05) is 12.1 Å². The standard InChI is InChI=1S/C24H20.3Y/c1-15-9-12-22-20(13-15)14-17(3)18(4)24(22)23-16(2)10-11-19-7-5-6-8-21(19)23;;;/h6-9,11-14H,1-4H3;;;/q-2;;;. The molecule has 0 saturated heterocycles. The summed E-state index contributed by atoms with van der Waals surface area (Å²) >= 11 is 0. The van der Waals surface area contributed by atoms with Crippen molar-refractivity contribution in [2.45, 2.75) is 27.7 Å². The quantitative estimate of drug-likeness (QED) is 0.228. The Balaban J connectivity index is 0.00000121. The van der Waals surface area contributed by atoms with E-state index in [9.17, 15) is 0 Å². The normalized spacial score (nSPS) is 10.1. The molecule has 127 valence electrons. The molecule has 0 bridgehead atoms. The zero-order valence-electron chi connectivity index (χ0n) is 16.4. The van der Waals surface area contributed by atoms with Gasteiger partial charge in [0.25, 0.3) is 0 Å². The summed E-state index contributed by atoms with van der Waals surface area (Å²) in [5.74, 6) is 0. The fourth-order valence-corrected chi connectivity index (χ4v) is 3.66. The summed E-state index contributed by atoms with van der Waals surface area (Å²) in [5, 5.41) is 5.10. The summed E-state index contributed by atoms with van der Waals surface area (Å²) in [6, 6.07) is 24.0. The van der Waals surface area contributed by atoms with Crippen molar-refractivity contribution in [2.24, 2.45) is 0 Å². The van der Waals surface area contributed by atoms with Crippen LogP contribution < -0.4 is 0 Å². The molecule has 0 aliphatic carbocycles. The maximum Gasteiger partial charge on any atom is 0 e. The van der Waals surface area contributed by atoms with E-state index in [2.05, 4.69) is 76.2 Å². The van der Waals surface area contributed by atoms with Gasteiger partial charge in [0, 0.05) is 98.1 Å². The van der Waals surface area contributed by atoms with Crippen LogP contribution >= 0.6 is 0 Å². The van der Waals surface area contributed by atoms with Crippen molar-refractivity contribution in [1.29, 1.82) is 0 Å². The second-order valence-electron chi connectivity index (χ2n) is 6.72. The van der Waals surface area contributed by atoms with Crippen molar-refractivity contribution in [2.75, 3.05) is 0 Å². The molecule has 0 heterocycles. The van der Waals surface area contributed by atoms with E-state index in [-0.39, 0.29) is 98.1 Å². The molecule has 0 nitrogen and oxygen atoms in total. The van der Waals surface area contributed by atoms with Gasteiger partial charge in [0.2, 0.25) is 0 Å². The molecule has 0 unspecified atom stereocenters. The molecular weight excluding hydrogens is 555 g/mol. The summed E-state index contributed by atoms with van der Waals surface area (Å²) in [6.07, 6.45) is 0. The van der Waals surface area contributed by atoms with Gasteiger partial charge in [-0.3, -0.25) is 0 Å². The number of rotatable bonds is 1. The molecule has 0 fully saturated rings. The Hall–Kier alpha value is 0.712. The molecule has 0 atom stereocenters. The fraction of sp³-hybridized carbons (Fsp3) is 0.167. The molecule has 27 heavy (non-hydrogen) atoms. The van der Waals surface area contributed by atoms with Crippen LogP contribution in [0.15, 0.2) is 48.5 Å². The minimum Gasteiger partial charge on any atom is -0.183 e. The number of hydrogen-bond donors (Lipinski definition) is 0. The molecule has 4 rings (SSSR count). The van der Waals surface area contributed by atoms with Crippen molar-refractivity contribution in [3.8, 4) is 11.1 Å². The van der Waals surface area contributed by atoms with Gasteiger partial charge in [-0.25, -0.2) is 0 Å². The van der Waals surface area contributed by atoms with E-state index in [1.165, 1.54) is 54.9 Å². The minimum atomic E-state index is 0. The summed E-state index contributed by atoms with van der Waals surface area (Å²) in [7, 11) is 0. The van der Waals surface area contributed by atoms with Crippen LogP contribution in [-0.4, -0.2) is 0 Å². The molecule has 0 aliphatic rings. The molecule has 0 N–H and O–H groups in total. The van der Waals surface area contributed by atoms with Gasteiger partial charge in [-0.15, -0.1) is 5.56 Å². The Kier molecular flexibility index (Phi) is 10.2. The van der Waals surface area contributed by atoms with Gasteiger partial charge < -0.3 is 0 Å². The zero-order chi connectivity index (χ0) is 16.8. The third-order valence-corrected chi connectivity index (χ3v) is 5.05. The Morgan fingerprint density at radius 3 is 2.15 bits per heavy atom. The first kappa shape index (κ1) is 25.7. The van der Waals surface area contributed by atoms with Crippen LogP contribution in [0.5, 0.6) is 0 Å². The molecular formula is C24H20Y3-2. The Labute approximate surface area is 237 Å². The van der Waals surface area contributed by atoms with Crippen LogP contribution in [0.1, 0.15) is 22.3 Å². The maximum atomic E-state index is 3.44. The summed E-state index contributed by atoms with van der Waals surface area (Å²) in [5.41, 5.74) is 7.83. The van der Waals surface area contributed by atoms with Crippen LogP contribution in [0, 0.1) is 39.8 Å². The van der Waals surface area contributed by atoms with Crippen LogP contribution in [0.3, 0.4) is 0 Å². The maximum absolute atomic E-state index is 3.44. The van der Waals surface area contributed by atoms with E-state index in [1.54, 1.807) is 0 Å². The van der Waals surface area contributed by atoms with Gasteiger partial charge in [0.05, 0.1) is 0 Å². The van der Waals surface area contributed by atoms with Gasteiger partial charge in [0.15, 0.2) is 0 Å². The molecule has 4 aromatic rings. The Bertz CT molecular complexity index is 1100. The van der Waals surface area contributed by atoms with Gasteiger partial charge in [-0.2, -0.15) is 52.7 Å². The predicted octanol–water partition coefficient (Wildman–Crippen LogP) is 6.49. The van der Waals surface area contributed by atoms with E-state index in [0.717, 1.165) is 0 Å². The Morgan fingerprint density at radius 2 is 1.41 bits per heavy atom. The molecule has 4 aromatic carbocycles. The molecule has 0 aromatic heterocycles. The molecule has 3 radical (unpaired) electrons. The first-order valence-electron chi connectivity index (χ1n) is 8.38. The fourth-order valence-electron chi connectivity index (χ4n) is 3.66. The average molecular weight is 575 g/mol. The van der Waals surface area contributed by atoms with E-state index in [4.69, 9.17) is 0 Å². The topological polar surface area (TPSA) is 0 Å². The first-order chi connectivity index (χ1) is 11.6. The van der Waals surface area contributed by atoms with Gasteiger partial charge in [0.1, 0.15) is 0 Å². The summed E-state index contributed by atoms with van der Waals surface area (Å²) in [6.45, 7) is 8.75. The monoisotopic (exact) mass is 575 g/mol. The second-order valence-corrected chi connectivity index (χ2v) is 6.72. The molecule has 3 heteroatoms. The van der Waals surface area contributed by atoms with Gasteiger partial charge in [-0.05, 0) is 37.1 Å². The SMILES string of the molecule is Cc1ccc2c(-c3c(C)[c-]cc4c[c-]ccc34)c(C)c(C)cc2c1.[Y].[Y].[Y]. The number of fused-ring (bicyclic) bond motifs is 2. The van der Waals surface area contributed by atoms with Crippen molar-refractivity contribution < 1.29 is 98.1 Å². The third-order valence-electron chi connectivity index (χ3n) is 5.05. The van der Waals surface area contributed by atoms with Crippen LogP contribution in [0.4, 0.5) is 0 Å². The van der Waals surface area contributed by atoms with Gasteiger partial charge >= 0.3 is 0 Å². The zero-order valence-corrected chi connectivity index (χ0v) is 24.9. The average Bonchev–Trinajstić information content (AvgIpc) is 2.57. The summed E-state index contributed by atoms with van der Waals surface area (Å²) < 4.78 is 0. The Morgan fingerprint density at radius 1 is 0.704 bits per heavy atom. The largest absolute Gasteiger partial charge is 0.183 e. The smallest absolute Gasteiger partial charge is 0 e.